The van der Waals surface area contributed by atoms with E-state index in [-0.39, 0.29) is 43.1 Å². The lowest BCUT2D eigenvalue weighted by Crippen LogP contribution is -2.68. The quantitative estimate of drug-likeness (QED) is 0.0372. The van der Waals surface area contributed by atoms with Crippen molar-refractivity contribution in [2.45, 2.75) is 304 Å². The van der Waals surface area contributed by atoms with Gasteiger partial charge in [-0.15, -0.1) is 0 Å². The number of fused-ring (bicyclic) bond motifs is 5. The van der Waals surface area contributed by atoms with E-state index in [0.29, 0.717) is 25.2 Å². The van der Waals surface area contributed by atoms with Crippen LogP contribution in [0.5, 0.6) is 0 Å². The summed E-state index contributed by atoms with van der Waals surface area (Å²) in [6, 6.07) is 0. The molecule has 38 atom stereocenters. The number of ether oxygens (including phenoxy) is 11. The molecule has 0 spiro atoms. The molecule has 15 N–H and O–H groups in total. The van der Waals surface area contributed by atoms with Crippen LogP contribution in [0.4, 0.5) is 0 Å². The molecule has 0 aromatic carbocycles. The van der Waals surface area contributed by atoms with Crippen molar-refractivity contribution in [1.29, 1.82) is 0 Å². The van der Waals surface area contributed by atoms with Crippen molar-refractivity contribution in [3.63, 3.8) is 0 Å². The summed E-state index contributed by atoms with van der Waals surface area (Å²) in [6.45, 7) is 16.9. The highest BCUT2D eigenvalue weighted by Gasteiger charge is 2.70. The molecule has 4 aliphatic carbocycles. The minimum atomic E-state index is -4.93. The highest BCUT2D eigenvalue weighted by molar-refractivity contribution is 7.80. The molecule has 30 heteroatoms. The van der Waals surface area contributed by atoms with Gasteiger partial charge in [-0.1, -0.05) is 52.7 Å². The summed E-state index contributed by atoms with van der Waals surface area (Å²) in [5.74, 6) is -1.31. The molecule has 6 heterocycles. The van der Waals surface area contributed by atoms with Gasteiger partial charge in [0, 0.05) is 5.92 Å². The van der Waals surface area contributed by atoms with E-state index < -0.39 is 223 Å². The van der Waals surface area contributed by atoms with Gasteiger partial charge in [-0.3, -0.25) is 4.55 Å². The second kappa shape index (κ2) is 26.6. The fraction of sp³-hybridized carbons (Fsp3) is 0.966. The first-order valence-corrected chi connectivity index (χ1v) is 33.0. The van der Waals surface area contributed by atoms with Gasteiger partial charge >= 0.3 is 10.4 Å². The third-order valence-electron chi connectivity index (χ3n) is 22.2. The summed E-state index contributed by atoms with van der Waals surface area (Å²) in [6.07, 6.45) is -41.7. The van der Waals surface area contributed by atoms with Crippen molar-refractivity contribution in [1.82, 2.24) is 0 Å². The second-order valence-electron chi connectivity index (χ2n) is 28.1. The third-order valence-corrected chi connectivity index (χ3v) is 22.7. The van der Waals surface area contributed by atoms with Gasteiger partial charge in [0.2, 0.25) is 0 Å². The topological polar surface area (TPSA) is 452 Å². The molecule has 9 fully saturated rings. The zero-order chi connectivity index (χ0) is 65.2. The lowest BCUT2D eigenvalue weighted by Gasteiger charge is -2.60. The van der Waals surface area contributed by atoms with Crippen LogP contribution < -0.4 is 0 Å². The maximum absolute atomic E-state index is 12.6. The van der Waals surface area contributed by atoms with E-state index in [0.717, 1.165) is 12.0 Å². The Morgan fingerprint density at radius 2 is 1.12 bits per heavy atom. The smallest absolute Gasteiger partial charge is 0.394 e. The first-order chi connectivity index (χ1) is 41.6. The van der Waals surface area contributed by atoms with Gasteiger partial charge in [0.25, 0.3) is 0 Å². The molecule has 10 rings (SSSR count). The van der Waals surface area contributed by atoms with Crippen molar-refractivity contribution in [2.24, 2.45) is 46.3 Å². The van der Waals surface area contributed by atoms with Crippen LogP contribution in [0.1, 0.15) is 114 Å². The lowest BCUT2D eigenvalue weighted by atomic mass is 9.47. The third kappa shape index (κ3) is 13.1. The van der Waals surface area contributed by atoms with Gasteiger partial charge in [-0.2, -0.15) is 8.42 Å². The Morgan fingerprint density at radius 1 is 0.607 bits per heavy atom. The van der Waals surface area contributed by atoms with E-state index in [1.54, 1.807) is 6.92 Å². The monoisotopic (exact) mass is 1300 g/mol. The van der Waals surface area contributed by atoms with E-state index in [2.05, 4.69) is 33.8 Å². The van der Waals surface area contributed by atoms with Crippen molar-refractivity contribution >= 4 is 10.4 Å². The van der Waals surface area contributed by atoms with Crippen LogP contribution >= 0.6 is 0 Å². The Kier molecular flexibility index (Phi) is 21.0. The first-order valence-electron chi connectivity index (χ1n) is 31.6. The molecule has 0 amide bonds. The average Bonchev–Trinajstić information content (AvgIpc) is 1.63. The Morgan fingerprint density at radius 3 is 1.67 bits per heavy atom. The second-order valence-corrected chi connectivity index (χ2v) is 29.2. The van der Waals surface area contributed by atoms with Gasteiger partial charge in [0.15, 0.2) is 31.5 Å². The molecule has 0 bridgehead atoms. The summed E-state index contributed by atoms with van der Waals surface area (Å²) < 4.78 is 108. The largest absolute Gasteiger partial charge is 0.397 e. The molecule has 0 radical (unpaired) electrons. The average molecular weight is 1300 g/mol. The maximum atomic E-state index is 12.6. The molecular weight excluding hydrogens is 1200 g/mol. The van der Waals surface area contributed by atoms with Crippen molar-refractivity contribution in [3.8, 4) is 0 Å². The Labute approximate surface area is 517 Å². The number of aliphatic hydroxyl groups is 14. The molecule has 6 saturated heterocycles. The van der Waals surface area contributed by atoms with Crippen LogP contribution in [0.3, 0.4) is 0 Å². The standard InChI is InChI=1S/C59H98O29S/c1-11-26(20(2)3)46-51(83-46)59(10,73)50-31(61)18-29-27-17-32(30-16-25(88-89(74,75)76)12-14-57(30,8)28(27)13-15-58(29,50)9)81-54-44(72)47(37(65)33(19-60)82-54)85-56-49(87-53-42(70)39(67)35(63)22(5)78-53)43(71)45(24(7)80-56)84-55-48(40(68)36(64)23(6)79-55)86-52-41(69)38(66)34(62)21(4)77-52/h13,20-27,29-56,60-73H,11-12,14-19H2,1-10H3,(H,74,75,76)/t21-,22-,23-,24-,25+,26+,27-,29+,30-,31+,32+,33-,34+,35-,36-,37-,38+,39+,40+,41-,42-,43+,44-,45-,46+,47+,48-,49-,50+,51-,52+,53+,54-,55+,56+,57-,58+,59+/m1/s1. The zero-order valence-corrected chi connectivity index (χ0v) is 52.7. The van der Waals surface area contributed by atoms with Crippen LogP contribution in [0, 0.1) is 46.3 Å². The number of aliphatic hydroxyl groups excluding tert-OH is 13. The molecule has 6 aliphatic heterocycles. The zero-order valence-electron chi connectivity index (χ0n) is 51.9. The number of allylic oxidation sites excluding steroid dienone is 2. The van der Waals surface area contributed by atoms with Gasteiger partial charge in [0.05, 0.1) is 61.0 Å². The van der Waals surface area contributed by atoms with Gasteiger partial charge in [-0.05, 0) is 114 Å². The van der Waals surface area contributed by atoms with Crippen molar-refractivity contribution in [2.75, 3.05) is 6.61 Å². The maximum Gasteiger partial charge on any atom is 0.397 e. The fourth-order valence-corrected chi connectivity index (χ4v) is 17.8. The summed E-state index contributed by atoms with van der Waals surface area (Å²) in [5, 5.41) is 160. The first kappa shape index (κ1) is 70.4. The Hall–Kier alpha value is -1.39. The minimum absolute atomic E-state index is 0.0317. The molecule has 10 aliphatic rings. The molecule has 0 aromatic rings. The van der Waals surface area contributed by atoms with E-state index >= 15 is 0 Å². The van der Waals surface area contributed by atoms with Crippen LogP contribution in [0.15, 0.2) is 11.6 Å². The van der Waals surface area contributed by atoms with E-state index in [1.807, 2.05) is 6.92 Å². The summed E-state index contributed by atoms with van der Waals surface area (Å²) in [4.78, 5) is 0. The molecular formula is C59H98O29S. The van der Waals surface area contributed by atoms with E-state index in [1.165, 1.54) is 27.7 Å². The number of epoxide rings is 1. The van der Waals surface area contributed by atoms with Crippen LogP contribution in [-0.2, 0) is 66.7 Å². The Bertz CT molecular complexity index is 2550. The number of hydrogen-bond donors (Lipinski definition) is 15. The molecule has 514 valence electrons. The highest BCUT2D eigenvalue weighted by Crippen LogP contribution is 2.68. The molecule has 3 saturated carbocycles. The molecule has 29 nitrogen and oxygen atoms in total. The SMILES string of the molecule is CC[C@@H](C(C)C)[C@@H]1O[C@H]1[C@@](C)(O)[C@H]1[C@@H](O)C[C@H]2[C@@H]3C[C@H](O[C@@H]4O[C@H](CO)[C@@H](O)[C@H](O[C@@H]5O[C@H](C)[C@@H](O[C@@H]6O[C@H](C)[C@@H](O)[C@H](O)[C@H]6O[C@@H]6O[C@H](C)[C@H](O)[C@H](O)[C@H]6O)[C@H](O)[C@H]5O[C@@H]5O[C@H](C)[C@@H](O)[C@H](O)[C@H]5O)[C@H]4O)[C@H]4C[C@@H](OS(=O)(=O)O)CC[C@]4(C)C3=CC[C@]12C. The summed E-state index contributed by atoms with van der Waals surface area (Å²) in [5.41, 5.74) is -1.81. The molecule has 0 unspecified atom stereocenters. The van der Waals surface area contributed by atoms with Crippen molar-refractivity contribution < 1.29 is 141 Å². The predicted molar refractivity (Wildman–Crippen MR) is 300 cm³/mol. The Balaban J connectivity index is 0.936. The van der Waals surface area contributed by atoms with Crippen LogP contribution in [0.25, 0.3) is 0 Å². The van der Waals surface area contributed by atoms with E-state index in [4.69, 9.17) is 56.3 Å². The van der Waals surface area contributed by atoms with Crippen LogP contribution in [0.2, 0.25) is 0 Å². The number of hydrogen-bond acceptors (Lipinski definition) is 28. The lowest BCUT2D eigenvalue weighted by molar-refractivity contribution is -0.406. The molecule has 0 aromatic heterocycles. The van der Waals surface area contributed by atoms with Gasteiger partial charge in [0.1, 0.15) is 104 Å². The number of rotatable bonds is 18. The normalized spacial score (nSPS) is 53.9. The van der Waals surface area contributed by atoms with Crippen molar-refractivity contribution in [3.05, 3.63) is 11.6 Å². The van der Waals surface area contributed by atoms with Crippen LogP contribution in [-0.4, -0.2) is 281 Å². The summed E-state index contributed by atoms with van der Waals surface area (Å²) in [7, 11) is -4.93. The summed E-state index contributed by atoms with van der Waals surface area (Å²) >= 11 is 0. The molecule has 89 heavy (non-hydrogen) atoms. The minimum Gasteiger partial charge on any atom is -0.394 e. The van der Waals surface area contributed by atoms with Gasteiger partial charge < -0.3 is 124 Å². The van der Waals surface area contributed by atoms with Gasteiger partial charge in [-0.25, -0.2) is 4.18 Å². The highest BCUT2D eigenvalue weighted by atomic mass is 32.3. The van der Waals surface area contributed by atoms with E-state index in [9.17, 15) is 84.5 Å². The predicted octanol–water partition coefficient (Wildman–Crippen LogP) is -2.87. The fourth-order valence-electron chi connectivity index (χ4n) is 17.2.